The molecule has 28 heavy (non-hydrogen) atoms. The lowest BCUT2D eigenvalue weighted by atomic mass is 10.1. The van der Waals surface area contributed by atoms with Gasteiger partial charge < -0.3 is 16.4 Å². The zero-order valence-corrected chi connectivity index (χ0v) is 16.8. The van der Waals surface area contributed by atoms with Gasteiger partial charge in [0.15, 0.2) is 5.13 Å². The van der Waals surface area contributed by atoms with Crippen LogP contribution in [0.5, 0.6) is 0 Å². The number of nitrogens with one attached hydrogen (secondary N) is 3. The summed E-state index contributed by atoms with van der Waals surface area (Å²) in [6, 6.07) is 7.08. The highest BCUT2D eigenvalue weighted by atomic mass is 32.1. The fraction of sp³-hybridized carbons (Fsp3) is 0.111. The number of aromatic nitrogens is 2. The van der Waals surface area contributed by atoms with Gasteiger partial charge in [-0.3, -0.25) is 10.1 Å². The predicted octanol–water partition coefficient (Wildman–Crippen LogP) is 3.78. The molecule has 0 bridgehead atoms. The number of carbonyl (C=O) groups is 2. The molecule has 0 fully saturated rings. The molecule has 0 saturated carbocycles. The van der Waals surface area contributed by atoms with Crippen LogP contribution in [0, 0.1) is 0 Å². The summed E-state index contributed by atoms with van der Waals surface area (Å²) in [4.78, 5) is 32.6. The first-order valence-corrected chi connectivity index (χ1v) is 9.94. The van der Waals surface area contributed by atoms with Crippen molar-refractivity contribution in [2.45, 2.75) is 6.92 Å². The molecule has 0 saturated heterocycles. The van der Waals surface area contributed by atoms with Gasteiger partial charge in [0.2, 0.25) is 5.91 Å². The number of nitrogens with two attached hydrogens (primary N) is 1. The zero-order chi connectivity index (χ0) is 20.1. The Morgan fingerprint density at radius 1 is 1.21 bits per heavy atom. The van der Waals surface area contributed by atoms with Crippen LogP contribution in [0.1, 0.15) is 6.92 Å². The average molecular weight is 415 g/mol. The molecule has 0 unspecified atom stereocenters. The van der Waals surface area contributed by atoms with E-state index < -0.39 is 0 Å². The van der Waals surface area contributed by atoms with E-state index >= 15 is 0 Å². The highest BCUT2D eigenvalue weighted by Crippen LogP contribution is 2.38. The third kappa shape index (κ3) is 4.53. The zero-order valence-electron chi connectivity index (χ0n) is 15.1. The second-order valence-corrected chi connectivity index (χ2v) is 7.40. The van der Waals surface area contributed by atoms with Gasteiger partial charge in [0.25, 0.3) is 0 Å². The maximum absolute atomic E-state index is 11.7. The second kappa shape index (κ2) is 8.63. The van der Waals surface area contributed by atoms with E-state index in [9.17, 15) is 9.59 Å². The molecule has 3 aromatic rings. The molecule has 0 aliphatic carbocycles. The van der Waals surface area contributed by atoms with Gasteiger partial charge in [0.05, 0.1) is 5.69 Å². The highest BCUT2D eigenvalue weighted by molar-refractivity contribution is 7.23. The van der Waals surface area contributed by atoms with Crippen molar-refractivity contribution >= 4 is 51.2 Å². The van der Waals surface area contributed by atoms with E-state index in [1.54, 1.807) is 13.0 Å². The van der Waals surface area contributed by atoms with Crippen LogP contribution in [0.4, 0.5) is 21.4 Å². The van der Waals surface area contributed by atoms with E-state index in [0.717, 1.165) is 11.3 Å². The minimum absolute atomic E-state index is 0.188. The lowest BCUT2D eigenvalue weighted by Crippen LogP contribution is -2.24. The summed E-state index contributed by atoms with van der Waals surface area (Å²) in [6.45, 7) is 1.79. The summed E-state index contributed by atoms with van der Waals surface area (Å²) < 4.78 is 0. The fourth-order valence-electron chi connectivity index (χ4n) is 2.30. The van der Waals surface area contributed by atoms with Gasteiger partial charge in [-0.25, -0.2) is 14.8 Å². The van der Waals surface area contributed by atoms with E-state index in [0.29, 0.717) is 26.5 Å². The van der Waals surface area contributed by atoms with Crippen LogP contribution in [0.25, 0.3) is 21.1 Å². The van der Waals surface area contributed by atoms with Crippen molar-refractivity contribution in [2.75, 3.05) is 23.4 Å². The molecule has 10 heteroatoms. The van der Waals surface area contributed by atoms with Gasteiger partial charge in [0, 0.05) is 23.7 Å². The lowest BCUT2D eigenvalue weighted by molar-refractivity contribution is -0.111. The molecule has 8 nitrogen and oxygen atoms in total. The van der Waals surface area contributed by atoms with E-state index in [2.05, 4.69) is 25.9 Å². The van der Waals surface area contributed by atoms with Crippen molar-refractivity contribution in [3.05, 3.63) is 41.8 Å². The number of nitrogens with zero attached hydrogens (tertiary/aromatic N) is 2. The minimum atomic E-state index is -0.364. The Balaban J connectivity index is 1.83. The summed E-state index contributed by atoms with van der Waals surface area (Å²) in [5, 5.41) is 10.9. The number of amides is 3. The van der Waals surface area contributed by atoms with Crippen LogP contribution >= 0.6 is 22.7 Å². The molecular formula is C18H18N6O2S2. The van der Waals surface area contributed by atoms with Crippen molar-refractivity contribution in [1.29, 1.82) is 0 Å². The first kappa shape index (κ1) is 19.5. The Labute approximate surface area is 169 Å². The number of hydrogen-bond donors (Lipinski definition) is 4. The molecule has 0 aliphatic rings. The lowest BCUT2D eigenvalue weighted by Gasteiger charge is -2.04. The van der Waals surface area contributed by atoms with Gasteiger partial charge in [-0.05, 0) is 25.1 Å². The van der Waals surface area contributed by atoms with Crippen LogP contribution < -0.4 is 21.7 Å². The van der Waals surface area contributed by atoms with Crippen molar-refractivity contribution in [2.24, 2.45) is 0 Å². The van der Waals surface area contributed by atoms with E-state index in [1.165, 1.54) is 35.8 Å². The number of urea groups is 1. The van der Waals surface area contributed by atoms with Gasteiger partial charge in [-0.2, -0.15) is 0 Å². The summed E-state index contributed by atoms with van der Waals surface area (Å²) >= 11 is 2.69. The van der Waals surface area contributed by atoms with Gasteiger partial charge in [-0.15, -0.1) is 11.3 Å². The molecule has 3 amide bonds. The first-order chi connectivity index (χ1) is 13.5. The topological polar surface area (TPSA) is 122 Å². The number of benzene rings is 1. The first-order valence-electron chi connectivity index (χ1n) is 8.25. The largest absolute Gasteiger partial charge is 0.382 e. The number of allylic oxidation sites excluding steroid dienone is 1. The number of thiazole rings is 2. The van der Waals surface area contributed by atoms with E-state index in [-0.39, 0.29) is 11.9 Å². The number of rotatable bonds is 5. The Morgan fingerprint density at radius 2 is 2.04 bits per heavy atom. The van der Waals surface area contributed by atoms with Crippen LogP contribution in [-0.4, -0.2) is 29.0 Å². The van der Waals surface area contributed by atoms with Crippen molar-refractivity contribution in [3.8, 4) is 21.1 Å². The molecule has 144 valence electrons. The van der Waals surface area contributed by atoms with Crippen molar-refractivity contribution in [3.63, 3.8) is 0 Å². The Kier molecular flexibility index (Phi) is 6.02. The number of carbonyl (C=O) groups excluding carboxylic acids is 2. The maximum atomic E-state index is 11.7. The monoisotopic (exact) mass is 414 g/mol. The summed E-state index contributed by atoms with van der Waals surface area (Å²) in [6.07, 6.45) is 3.14. The SMILES string of the molecule is CC=CC(=O)Nc1cccc(-c2csc(-c3sc(NC(=O)NC)nc3N)n2)c1. The van der Waals surface area contributed by atoms with Crippen molar-refractivity contribution < 1.29 is 9.59 Å². The summed E-state index contributed by atoms with van der Waals surface area (Å²) in [5.41, 5.74) is 8.30. The van der Waals surface area contributed by atoms with Gasteiger partial charge >= 0.3 is 6.03 Å². The molecule has 2 aromatic heterocycles. The number of nitrogen functional groups attached to an aromatic ring is 1. The molecule has 0 atom stereocenters. The minimum Gasteiger partial charge on any atom is -0.382 e. The second-order valence-electron chi connectivity index (χ2n) is 5.55. The molecule has 0 spiro atoms. The van der Waals surface area contributed by atoms with E-state index in [1.807, 2.05) is 29.6 Å². The molecule has 0 aliphatic heterocycles. The van der Waals surface area contributed by atoms with Crippen LogP contribution in [-0.2, 0) is 4.79 Å². The quantitative estimate of drug-likeness (QED) is 0.473. The molecule has 2 heterocycles. The van der Waals surface area contributed by atoms with Crippen LogP contribution in [0.2, 0.25) is 0 Å². The smallest absolute Gasteiger partial charge is 0.320 e. The normalized spacial score (nSPS) is 10.8. The Morgan fingerprint density at radius 3 is 2.79 bits per heavy atom. The summed E-state index contributed by atoms with van der Waals surface area (Å²) in [7, 11) is 1.52. The highest BCUT2D eigenvalue weighted by Gasteiger charge is 2.16. The van der Waals surface area contributed by atoms with Gasteiger partial charge in [0.1, 0.15) is 15.7 Å². The van der Waals surface area contributed by atoms with Crippen molar-refractivity contribution in [1.82, 2.24) is 15.3 Å². The average Bonchev–Trinajstić information content (AvgIpc) is 3.28. The Bertz CT molecular complexity index is 1040. The third-order valence-corrected chi connectivity index (χ3v) is 5.53. The number of anilines is 3. The molecular weight excluding hydrogens is 396 g/mol. The third-order valence-electron chi connectivity index (χ3n) is 3.54. The van der Waals surface area contributed by atoms with E-state index in [4.69, 9.17) is 5.73 Å². The van der Waals surface area contributed by atoms with Crippen LogP contribution in [0.3, 0.4) is 0 Å². The molecule has 3 rings (SSSR count). The Hall–Kier alpha value is -3.24. The fourth-order valence-corrected chi connectivity index (χ4v) is 4.11. The maximum Gasteiger partial charge on any atom is 0.320 e. The standard InChI is InChI=1S/C18H18N6O2S2/c1-3-5-13(25)21-11-7-4-6-10(8-11)12-9-27-16(22-12)14-15(19)23-18(28-14)24-17(26)20-2/h3-9H,19H2,1-2H3,(H,21,25)(H2,20,23,24,26). The predicted molar refractivity (Wildman–Crippen MR) is 115 cm³/mol. The summed E-state index contributed by atoms with van der Waals surface area (Å²) in [5.74, 6) is 0.122. The number of hydrogen-bond acceptors (Lipinski definition) is 7. The molecule has 1 aromatic carbocycles. The van der Waals surface area contributed by atoms with Gasteiger partial charge in [-0.1, -0.05) is 29.5 Å². The molecule has 0 radical (unpaired) electrons. The van der Waals surface area contributed by atoms with Crippen LogP contribution in [0.15, 0.2) is 41.8 Å². The molecule has 5 N–H and O–H groups in total.